The normalized spacial score (nSPS) is 11.6. The maximum atomic E-state index is 15.0. The van der Waals surface area contributed by atoms with Crippen molar-refractivity contribution < 1.29 is 35.5 Å². The van der Waals surface area contributed by atoms with Crippen LogP contribution < -0.4 is 14.8 Å². The Morgan fingerprint density at radius 1 is 1.06 bits per heavy atom. The minimum absolute atomic E-state index is 0.0167. The summed E-state index contributed by atoms with van der Waals surface area (Å²) in [4.78, 5) is 19.0. The average molecular weight is 494 g/mol. The number of aromatic nitrogens is 2. The number of anilines is 2. The predicted octanol–water partition coefficient (Wildman–Crippen LogP) is 4.50. The number of alkyl halides is 2. The van der Waals surface area contributed by atoms with Gasteiger partial charge in [0.2, 0.25) is 0 Å². The first-order chi connectivity index (χ1) is 16.1. The van der Waals surface area contributed by atoms with Crippen molar-refractivity contribution in [1.82, 2.24) is 9.97 Å². The fraction of sp³-hybridized carbons (Fsp3) is 0.0476. The van der Waals surface area contributed by atoms with Crippen molar-refractivity contribution >= 4 is 38.3 Å². The Hall–Kier alpha value is -4.13. The lowest BCUT2D eigenvalue weighted by molar-refractivity contribution is -0.0498. The minimum Gasteiger partial charge on any atom is -0.435 e. The number of halogens is 4. The van der Waals surface area contributed by atoms with E-state index in [1.807, 2.05) is 4.72 Å². The van der Waals surface area contributed by atoms with Crippen LogP contribution in [0.4, 0.5) is 28.9 Å². The van der Waals surface area contributed by atoms with Gasteiger partial charge in [-0.2, -0.15) is 8.78 Å². The zero-order valence-corrected chi connectivity index (χ0v) is 17.7. The average Bonchev–Trinajstić information content (AvgIpc) is 3.26. The van der Waals surface area contributed by atoms with Gasteiger partial charge in [-0.05, 0) is 48.5 Å². The number of ether oxygens (including phenoxy) is 1. The molecular weight excluding hydrogens is 480 g/mol. The summed E-state index contributed by atoms with van der Waals surface area (Å²) in [6.07, 6.45) is 2.81. The molecule has 0 spiro atoms. The number of benzene rings is 2. The van der Waals surface area contributed by atoms with Crippen LogP contribution in [0.1, 0.15) is 10.4 Å². The summed E-state index contributed by atoms with van der Waals surface area (Å²) in [7, 11) is -4.39. The van der Waals surface area contributed by atoms with Gasteiger partial charge in [-0.15, -0.1) is 0 Å². The molecule has 13 heteroatoms. The molecule has 0 radical (unpaired) electrons. The molecule has 0 bridgehead atoms. The molecule has 34 heavy (non-hydrogen) atoms. The predicted molar refractivity (Wildman–Crippen MR) is 114 cm³/mol. The van der Waals surface area contributed by atoms with E-state index >= 15 is 0 Å². The summed E-state index contributed by atoms with van der Waals surface area (Å²) in [5, 5.41) is 2.68. The Kier molecular flexibility index (Phi) is 6.11. The van der Waals surface area contributed by atoms with E-state index in [4.69, 9.17) is 0 Å². The highest BCUT2D eigenvalue weighted by Crippen LogP contribution is 2.29. The van der Waals surface area contributed by atoms with Crippen LogP contribution in [0.3, 0.4) is 0 Å². The lowest BCUT2D eigenvalue weighted by Gasteiger charge is -2.13. The highest BCUT2D eigenvalue weighted by Gasteiger charge is 2.22. The van der Waals surface area contributed by atoms with E-state index in [-0.39, 0.29) is 11.3 Å². The minimum atomic E-state index is -4.39. The molecule has 4 aromatic rings. The topological polar surface area (TPSA) is 113 Å². The maximum Gasteiger partial charge on any atom is 0.387 e. The van der Waals surface area contributed by atoms with E-state index in [1.165, 1.54) is 12.3 Å². The van der Waals surface area contributed by atoms with Crippen molar-refractivity contribution in [2.24, 2.45) is 0 Å². The van der Waals surface area contributed by atoms with Gasteiger partial charge in [-0.25, -0.2) is 22.2 Å². The van der Waals surface area contributed by atoms with Gasteiger partial charge in [-0.3, -0.25) is 9.52 Å². The molecule has 0 unspecified atom stereocenters. The van der Waals surface area contributed by atoms with E-state index in [2.05, 4.69) is 20.0 Å². The molecular formula is C21H14F4N4O4S. The van der Waals surface area contributed by atoms with Crippen molar-refractivity contribution in [2.45, 2.75) is 11.5 Å². The molecule has 1 amide bonds. The van der Waals surface area contributed by atoms with Crippen molar-refractivity contribution in [3.05, 3.63) is 78.1 Å². The number of pyridine rings is 1. The summed E-state index contributed by atoms with van der Waals surface area (Å²) in [6, 6.07) is 8.62. The second-order valence-corrected chi connectivity index (χ2v) is 8.52. The standard InChI is InChI=1S/C21H14F4N4O4S/c22-15-5-6-16(29-34(31,32)14-3-1-13(2-4-14)33-21(24)25)17(23)18(15)28-20(30)12-9-11-7-8-26-19(11)27-10-12/h1-10,21,29H,(H,26,27)(H,28,30). The summed E-state index contributed by atoms with van der Waals surface area (Å²) >= 11 is 0. The van der Waals surface area contributed by atoms with E-state index in [9.17, 15) is 30.8 Å². The number of nitrogens with one attached hydrogen (secondary N) is 3. The highest BCUT2D eigenvalue weighted by molar-refractivity contribution is 7.92. The summed E-state index contributed by atoms with van der Waals surface area (Å²) in [6.45, 7) is -3.09. The quantitative estimate of drug-likeness (QED) is 0.328. The van der Waals surface area contributed by atoms with Gasteiger partial charge in [0.15, 0.2) is 5.82 Å². The monoisotopic (exact) mass is 494 g/mol. The van der Waals surface area contributed by atoms with Crippen LogP contribution in [0.25, 0.3) is 11.0 Å². The number of H-pyrrole nitrogens is 1. The number of sulfonamides is 1. The zero-order valence-electron chi connectivity index (χ0n) is 16.9. The molecule has 176 valence electrons. The van der Waals surface area contributed by atoms with E-state index in [0.717, 1.165) is 36.4 Å². The Bertz CT molecular complexity index is 1470. The van der Waals surface area contributed by atoms with Gasteiger partial charge >= 0.3 is 6.61 Å². The maximum absolute atomic E-state index is 15.0. The number of hydrogen-bond acceptors (Lipinski definition) is 5. The second-order valence-electron chi connectivity index (χ2n) is 6.83. The molecule has 0 aliphatic carbocycles. The van der Waals surface area contributed by atoms with Gasteiger partial charge < -0.3 is 15.0 Å². The second kappa shape index (κ2) is 9.02. The Morgan fingerprint density at radius 2 is 1.79 bits per heavy atom. The van der Waals surface area contributed by atoms with Gasteiger partial charge in [-0.1, -0.05) is 0 Å². The molecule has 0 aliphatic heterocycles. The first kappa shape index (κ1) is 23.0. The van der Waals surface area contributed by atoms with Crippen LogP contribution in [0.2, 0.25) is 0 Å². The van der Waals surface area contributed by atoms with E-state index in [0.29, 0.717) is 11.0 Å². The largest absolute Gasteiger partial charge is 0.435 e. The molecule has 2 aromatic carbocycles. The van der Waals surface area contributed by atoms with Crippen molar-refractivity contribution in [3.8, 4) is 5.75 Å². The Labute approximate surface area is 189 Å². The number of fused-ring (bicyclic) bond motifs is 1. The zero-order chi connectivity index (χ0) is 24.5. The number of hydrogen-bond donors (Lipinski definition) is 3. The number of amides is 1. The lowest BCUT2D eigenvalue weighted by Crippen LogP contribution is -2.18. The SMILES string of the molecule is O=C(Nc1c(F)ccc(NS(=O)(=O)c2ccc(OC(F)F)cc2)c1F)c1cnc2[nH]ccc2c1. The van der Waals surface area contributed by atoms with Crippen LogP contribution >= 0.6 is 0 Å². The van der Waals surface area contributed by atoms with Gasteiger partial charge in [0.05, 0.1) is 16.1 Å². The Morgan fingerprint density at radius 3 is 2.50 bits per heavy atom. The third-order valence-electron chi connectivity index (χ3n) is 4.60. The highest BCUT2D eigenvalue weighted by atomic mass is 32.2. The third-order valence-corrected chi connectivity index (χ3v) is 5.98. The van der Waals surface area contributed by atoms with Crippen LogP contribution in [0, 0.1) is 11.6 Å². The molecule has 4 rings (SSSR count). The molecule has 2 aromatic heterocycles. The van der Waals surface area contributed by atoms with Gasteiger partial charge in [0, 0.05) is 17.8 Å². The number of nitrogens with zero attached hydrogens (tertiary/aromatic N) is 1. The summed E-state index contributed by atoms with van der Waals surface area (Å²) in [5.74, 6) is -3.66. The molecule has 0 atom stereocenters. The van der Waals surface area contributed by atoms with Gasteiger partial charge in [0.25, 0.3) is 15.9 Å². The number of aromatic amines is 1. The molecule has 0 aliphatic rings. The number of carbonyl (C=O) groups excluding carboxylic acids is 1. The fourth-order valence-corrected chi connectivity index (χ4v) is 4.06. The Balaban J connectivity index is 1.57. The molecule has 0 saturated heterocycles. The van der Waals surface area contributed by atoms with Crippen LogP contribution in [-0.2, 0) is 10.0 Å². The number of rotatable bonds is 7. The third kappa shape index (κ3) is 4.78. The lowest BCUT2D eigenvalue weighted by atomic mass is 10.2. The van der Waals surface area contributed by atoms with Crippen LogP contribution in [-0.4, -0.2) is 30.9 Å². The molecule has 8 nitrogen and oxygen atoms in total. The van der Waals surface area contributed by atoms with Crippen molar-refractivity contribution in [3.63, 3.8) is 0 Å². The fourth-order valence-electron chi connectivity index (χ4n) is 3.00. The van der Waals surface area contributed by atoms with E-state index in [1.54, 1.807) is 12.3 Å². The number of carbonyl (C=O) groups is 1. The van der Waals surface area contributed by atoms with Crippen molar-refractivity contribution in [1.29, 1.82) is 0 Å². The van der Waals surface area contributed by atoms with Gasteiger partial charge in [0.1, 0.15) is 22.9 Å². The smallest absolute Gasteiger partial charge is 0.387 e. The summed E-state index contributed by atoms with van der Waals surface area (Å²) in [5.41, 5.74) is -0.994. The van der Waals surface area contributed by atoms with Crippen LogP contribution in [0.5, 0.6) is 5.75 Å². The molecule has 3 N–H and O–H groups in total. The summed E-state index contributed by atoms with van der Waals surface area (Å²) < 4.78 is 85.0. The first-order valence-corrected chi connectivity index (χ1v) is 10.9. The van der Waals surface area contributed by atoms with Crippen LogP contribution in [0.15, 0.2) is 65.8 Å². The molecule has 0 fully saturated rings. The first-order valence-electron chi connectivity index (χ1n) is 9.44. The molecule has 0 saturated carbocycles. The van der Waals surface area contributed by atoms with E-state index < -0.39 is 50.4 Å². The molecule has 2 heterocycles. The van der Waals surface area contributed by atoms with Crippen molar-refractivity contribution in [2.75, 3.05) is 10.0 Å².